The summed E-state index contributed by atoms with van der Waals surface area (Å²) in [4.78, 5) is 2.52. The molecule has 4 nitrogen and oxygen atoms in total. The van der Waals surface area contributed by atoms with Crippen molar-refractivity contribution in [1.82, 2.24) is 4.90 Å². The molecule has 3 aliphatic rings. The molecule has 0 unspecified atom stereocenters. The van der Waals surface area contributed by atoms with Crippen molar-refractivity contribution in [3.05, 3.63) is 23.3 Å². The highest BCUT2D eigenvalue weighted by Crippen LogP contribution is 2.45. The van der Waals surface area contributed by atoms with Crippen molar-refractivity contribution in [3.63, 3.8) is 0 Å². The number of hydrogen-bond donors (Lipinski definition) is 1. The van der Waals surface area contributed by atoms with Crippen LogP contribution in [0.3, 0.4) is 0 Å². The van der Waals surface area contributed by atoms with Crippen LogP contribution in [0.25, 0.3) is 0 Å². The van der Waals surface area contributed by atoms with Crippen molar-refractivity contribution < 1.29 is 19.0 Å². The minimum absolute atomic E-state index is 0.102. The van der Waals surface area contributed by atoms with Crippen LogP contribution in [-0.2, 0) is 6.42 Å². The van der Waals surface area contributed by atoms with Crippen LogP contribution in [0, 0.1) is 11.3 Å². The lowest BCUT2D eigenvalue weighted by atomic mass is 9.75. The van der Waals surface area contributed by atoms with Gasteiger partial charge in [0, 0.05) is 19.1 Å². The Hall–Kier alpha value is -1.33. The van der Waals surface area contributed by atoms with Crippen LogP contribution in [0.2, 0.25) is 0 Å². The van der Waals surface area contributed by atoms with Gasteiger partial charge in [-0.25, -0.2) is 4.39 Å². The molecule has 0 radical (unpaired) electrons. The smallest absolute Gasteiger partial charge is 0.161 e. The Morgan fingerprint density at radius 3 is 2.64 bits per heavy atom. The lowest BCUT2D eigenvalue weighted by molar-refractivity contribution is -0.0259. The first-order valence-corrected chi connectivity index (χ1v) is 10.6. The van der Waals surface area contributed by atoms with Crippen LogP contribution < -0.4 is 9.47 Å². The third-order valence-corrected chi connectivity index (χ3v) is 6.52. The molecule has 2 aliphatic heterocycles. The zero-order valence-electron chi connectivity index (χ0n) is 17.6. The summed E-state index contributed by atoms with van der Waals surface area (Å²) in [7, 11) is 1.63. The fourth-order valence-electron chi connectivity index (χ4n) is 4.85. The van der Waals surface area contributed by atoms with Crippen molar-refractivity contribution in [3.8, 4) is 11.5 Å². The molecule has 156 valence electrons. The van der Waals surface area contributed by atoms with E-state index in [1.165, 1.54) is 11.1 Å². The van der Waals surface area contributed by atoms with Gasteiger partial charge in [-0.15, -0.1) is 0 Å². The molecule has 1 aromatic carbocycles. The molecule has 2 fully saturated rings. The second-order valence-electron chi connectivity index (χ2n) is 10.2. The lowest BCUT2D eigenvalue weighted by Crippen LogP contribution is -2.48. The van der Waals surface area contributed by atoms with Gasteiger partial charge in [0.1, 0.15) is 12.3 Å². The van der Waals surface area contributed by atoms with Gasteiger partial charge in [0.15, 0.2) is 11.5 Å². The van der Waals surface area contributed by atoms with Gasteiger partial charge < -0.3 is 14.6 Å². The molecule has 1 saturated heterocycles. The van der Waals surface area contributed by atoms with Gasteiger partial charge in [0.2, 0.25) is 0 Å². The van der Waals surface area contributed by atoms with Crippen LogP contribution in [0.15, 0.2) is 12.1 Å². The maximum absolute atomic E-state index is 14.0. The highest BCUT2D eigenvalue weighted by Gasteiger charge is 2.44. The Kier molecular flexibility index (Phi) is 5.11. The first-order chi connectivity index (χ1) is 13.2. The molecular weight excluding hydrogens is 357 g/mol. The van der Waals surface area contributed by atoms with E-state index in [9.17, 15) is 9.50 Å². The van der Waals surface area contributed by atoms with Gasteiger partial charge >= 0.3 is 0 Å². The zero-order chi connectivity index (χ0) is 20.1. The molecule has 1 aliphatic carbocycles. The van der Waals surface area contributed by atoms with E-state index in [-0.39, 0.29) is 24.2 Å². The van der Waals surface area contributed by atoms with Crippen molar-refractivity contribution in [2.24, 2.45) is 11.3 Å². The SMILES string of the molecule is COc1cc2c(cc1OCC1(F)CC1)CCN1C[C@@H](CC(C)(C)C)[C@H](O)C[C@H]21. The number of rotatable bonds is 5. The number of ether oxygens (including phenoxy) is 2. The molecule has 28 heavy (non-hydrogen) atoms. The summed E-state index contributed by atoms with van der Waals surface area (Å²) in [6, 6.07) is 4.30. The largest absolute Gasteiger partial charge is 0.493 e. The van der Waals surface area contributed by atoms with Gasteiger partial charge in [0.25, 0.3) is 0 Å². The van der Waals surface area contributed by atoms with Crippen molar-refractivity contribution >= 4 is 0 Å². The average Bonchev–Trinajstić information content (AvgIpc) is 3.36. The predicted molar refractivity (Wildman–Crippen MR) is 108 cm³/mol. The van der Waals surface area contributed by atoms with E-state index in [4.69, 9.17) is 9.47 Å². The fourth-order valence-corrected chi connectivity index (χ4v) is 4.85. The van der Waals surface area contributed by atoms with E-state index >= 15 is 0 Å². The number of nitrogens with zero attached hydrogens (tertiary/aromatic N) is 1. The molecule has 1 saturated carbocycles. The normalized spacial score (nSPS) is 29.0. The van der Waals surface area contributed by atoms with Crippen LogP contribution in [-0.4, -0.2) is 48.6 Å². The lowest BCUT2D eigenvalue weighted by Gasteiger charge is -2.47. The van der Waals surface area contributed by atoms with Crippen molar-refractivity contribution in [2.45, 2.75) is 70.7 Å². The van der Waals surface area contributed by atoms with Gasteiger partial charge in [-0.1, -0.05) is 20.8 Å². The summed E-state index contributed by atoms with van der Waals surface area (Å²) in [5.41, 5.74) is 1.54. The molecular formula is C23H34FNO3. The molecule has 0 spiro atoms. The molecule has 1 aromatic rings. The second kappa shape index (κ2) is 7.17. The number of methoxy groups -OCH3 is 1. The van der Waals surface area contributed by atoms with E-state index in [2.05, 4.69) is 31.7 Å². The number of fused-ring (bicyclic) bond motifs is 3. The third-order valence-electron chi connectivity index (χ3n) is 6.52. The molecule has 2 heterocycles. The molecule has 3 atom stereocenters. The Bertz CT molecular complexity index is 725. The topological polar surface area (TPSA) is 41.9 Å². The number of alkyl halides is 1. The first-order valence-electron chi connectivity index (χ1n) is 10.6. The van der Waals surface area contributed by atoms with E-state index in [1.54, 1.807) is 7.11 Å². The third kappa shape index (κ3) is 4.16. The number of benzene rings is 1. The Morgan fingerprint density at radius 2 is 2.00 bits per heavy atom. The summed E-state index contributed by atoms with van der Waals surface area (Å²) >= 11 is 0. The molecule has 4 rings (SSSR count). The van der Waals surface area contributed by atoms with Gasteiger partial charge in [-0.3, -0.25) is 4.90 Å². The number of aliphatic hydroxyl groups excluding tert-OH is 1. The zero-order valence-corrected chi connectivity index (χ0v) is 17.6. The number of piperidine rings is 1. The molecule has 0 bridgehead atoms. The van der Waals surface area contributed by atoms with Gasteiger partial charge in [0.05, 0.1) is 13.2 Å². The summed E-state index contributed by atoms with van der Waals surface area (Å²) < 4.78 is 25.3. The predicted octanol–water partition coefficient (Wildman–Crippen LogP) is 4.29. The first kappa shape index (κ1) is 20.0. The van der Waals surface area contributed by atoms with E-state index in [1.807, 2.05) is 6.07 Å². The van der Waals surface area contributed by atoms with Crippen molar-refractivity contribution in [1.29, 1.82) is 0 Å². The Morgan fingerprint density at radius 1 is 1.25 bits per heavy atom. The van der Waals surface area contributed by atoms with Crippen LogP contribution in [0.4, 0.5) is 4.39 Å². The number of aliphatic hydroxyl groups is 1. The van der Waals surface area contributed by atoms with E-state index < -0.39 is 5.67 Å². The highest BCUT2D eigenvalue weighted by atomic mass is 19.1. The minimum Gasteiger partial charge on any atom is -0.493 e. The van der Waals surface area contributed by atoms with Crippen LogP contribution >= 0.6 is 0 Å². The number of hydrogen-bond acceptors (Lipinski definition) is 4. The minimum atomic E-state index is -1.15. The summed E-state index contributed by atoms with van der Waals surface area (Å²) in [6.45, 7) is 8.76. The molecule has 0 amide bonds. The maximum Gasteiger partial charge on any atom is 0.161 e. The Balaban J connectivity index is 1.54. The van der Waals surface area contributed by atoms with E-state index in [0.717, 1.165) is 32.4 Å². The highest BCUT2D eigenvalue weighted by molar-refractivity contribution is 5.49. The molecule has 5 heteroatoms. The Labute approximate surface area is 168 Å². The summed E-state index contributed by atoms with van der Waals surface area (Å²) in [5.74, 6) is 1.62. The van der Waals surface area contributed by atoms with E-state index in [0.29, 0.717) is 30.3 Å². The van der Waals surface area contributed by atoms with Crippen LogP contribution in [0.5, 0.6) is 11.5 Å². The van der Waals surface area contributed by atoms with Crippen molar-refractivity contribution in [2.75, 3.05) is 26.8 Å². The maximum atomic E-state index is 14.0. The van der Waals surface area contributed by atoms with Gasteiger partial charge in [-0.2, -0.15) is 0 Å². The standard InChI is InChI=1S/C23H34FNO3/c1-22(2,3)12-16-13-25-8-5-15-9-21(28-14-23(24)6-7-23)20(27-4)10-17(15)18(25)11-19(16)26/h9-10,16,18-19,26H,5-8,11-14H2,1-4H3/t16-,18-,19-/m1/s1. The monoisotopic (exact) mass is 391 g/mol. The second-order valence-corrected chi connectivity index (χ2v) is 10.2. The molecule has 1 N–H and O–H groups in total. The van der Waals surface area contributed by atoms with Crippen LogP contribution in [0.1, 0.15) is 63.6 Å². The quantitative estimate of drug-likeness (QED) is 0.813. The average molecular weight is 392 g/mol. The number of halogens is 1. The summed E-state index contributed by atoms with van der Waals surface area (Å²) in [5, 5.41) is 10.8. The molecule has 0 aromatic heterocycles. The van der Waals surface area contributed by atoms with Gasteiger partial charge in [-0.05, 0) is 66.7 Å². The summed E-state index contributed by atoms with van der Waals surface area (Å²) in [6.07, 6.45) is 3.63. The fraction of sp³-hybridized carbons (Fsp3) is 0.739.